The predicted octanol–water partition coefficient (Wildman–Crippen LogP) is 2.70. The molecular formula is C23H38N2O5S. The Morgan fingerprint density at radius 1 is 1.06 bits per heavy atom. The van der Waals surface area contributed by atoms with Crippen molar-refractivity contribution in [3.63, 3.8) is 0 Å². The Morgan fingerprint density at radius 3 is 2.06 bits per heavy atom. The molecule has 1 saturated heterocycles. The Bertz CT molecular complexity index is 841. The first-order valence-electron chi connectivity index (χ1n) is 10.9. The van der Waals surface area contributed by atoms with Gasteiger partial charge in [0.25, 0.3) is 0 Å². The Kier molecular flexibility index (Phi) is 8.16. The number of aryl methyl sites for hydroxylation is 1. The molecule has 1 aliphatic heterocycles. The normalized spacial score (nSPS) is 16.3. The van der Waals surface area contributed by atoms with Crippen molar-refractivity contribution in [3.05, 3.63) is 28.8 Å². The lowest BCUT2D eigenvalue weighted by Gasteiger charge is -2.28. The highest BCUT2D eigenvalue weighted by molar-refractivity contribution is 7.89. The van der Waals surface area contributed by atoms with E-state index in [-0.39, 0.29) is 35.5 Å². The molecule has 1 amide bonds. The van der Waals surface area contributed by atoms with Gasteiger partial charge in [0, 0.05) is 26.1 Å². The van der Waals surface area contributed by atoms with Crippen LogP contribution in [0.25, 0.3) is 0 Å². The molecule has 31 heavy (non-hydrogen) atoms. The van der Waals surface area contributed by atoms with E-state index in [0.717, 1.165) is 16.7 Å². The number of rotatable bonds is 7. The average molecular weight is 455 g/mol. The summed E-state index contributed by atoms with van der Waals surface area (Å²) in [6.45, 7) is 14.0. The van der Waals surface area contributed by atoms with Crippen LogP contribution in [0.5, 0.6) is 5.75 Å². The lowest BCUT2D eigenvalue weighted by Crippen LogP contribution is -2.43. The molecule has 1 aromatic carbocycles. The smallest absolute Gasteiger partial charge is 0.220 e. The first-order chi connectivity index (χ1) is 14.2. The summed E-state index contributed by atoms with van der Waals surface area (Å²) in [4.78, 5) is 12.3. The van der Waals surface area contributed by atoms with Gasteiger partial charge in [-0.25, -0.2) is 8.42 Å². The maximum absolute atomic E-state index is 12.3. The van der Waals surface area contributed by atoms with Gasteiger partial charge in [0.1, 0.15) is 5.75 Å². The van der Waals surface area contributed by atoms with Crippen LogP contribution < -0.4 is 5.32 Å². The largest absolute Gasteiger partial charge is 0.507 e. The maximum atomic E-state index is 12.3. The van der Waals surface area contributed by atoms with Crippen molar-refractivity contribution in [2.24, 2.45) is 0 Å². The summed E-state index contributed by atoms with van der Waals surface area (Å²) in [6.07, 6.45) is 0.782. The average Bonchev–Trinajstić information content (AvgIpc) is 2.66. The summed E-state index contributed by atoms with van der Waals surface area (Å²) in [5.41, 5.74) is 2.27. The number of hydrogen-bond donors (Lipinski definition) is 2. The van der Waals surface area contributed by atoms with Crippen LogP contribution in [0.3, 0.4) is 0 Å². The summed E-state index contributed by atoms with van der Waals surface area (Å²) in [6, 6.07) is 3.95. The van der Waals surface area contributed by atoms with Gasteiger partial charge in [-0.2, -0.15) is 4.31 Å². The number of nitrogens with one attached hydrogen (secondary N) is 1. The number of carbonyl (C=O) groups excluding carboxylic acids is 1. The van der Waals surface area contributed by atoms with Crippen molar-refractivity contribution in [2.45, 2.75) is 65.2 Å². The maximum Gasteiger partial charge on any atom is 0.220 e. The fourth-order valence-corrected chi connectivity index (χ4v) is 4.93. The molecule has 0 spiro atoms. The first-order valence-corrected chi connectivity index (χ1v) is 12.5. The van der Waals surface area contributed by atoms with Crippen molar-refractivity contribution in [1.29, 1.82) is 0 Å². The highest BCUT2D eigenvalue weighted by Gasteiger charge is 2.27. The number of aromatic hydroxyl groups is 1. The molecular weight excluding hydrogens is 416 g/mol. The van der Waals surface area contributed by atoms with Gasteiger partial charge in [-0.05, 0) is 33.9 Å². The van der Waals surface area contributed by atoms with Crippen molar-refractivity contribution >= 4 is 15.9 Å². The molecule has 0 unspecified atom stereocenters. The number of carbonyl (C=O) groups is 1. The molecule has 1 fully saturated rings. The van der Waals surface area contributed by atoms with Crippen LogP contribution in [0.2, 0.25) is 0 Å². The summed E-state index contributed by atoms with van der Waals surface area (Å²) in [5, 5.41) is 13.5. The molecule has 7 nitrogen and oxygen atoms in total. The summed E-state index contributed by atoms with van der Waals surface area (Å²) < 4.78 is 31.3. The topological polar surface area (TPSA) is 95.9 Å². The molecule has 2 rings (SSSR count). The third kappa shape index (κ3) is 7.19. The number of morpholine rings is 1. The molecule has 1 aliphatic rings. The fourth-order valence-electron chi connectivity index (χ4n) is 3.60. The van der Waals surface area contributed by atoms with E-state index >= 15 is 0 Å². The summed E-state index contributed by atoms with van der Waals surface area (Å²) in [5.74, 6) is 0.0294. The van der Waals surface area contributed by atoms with Gasteiger partial charge in [-0.3, -0.25) is 4.79 Å². The number of hydrogen-bond acceptors (Lipinski definition) is 5. The van der Waals surface area contributed by atoms with Gasteiger partial charge >= 0.3 is 0 Å². The van der Waals surface area contributed by atoms with E-state index < -0.39 is 10.0 Å². The minimum Gasteiger partial charge on any atom is -0.507 e. The molecule has 176 valence electrons. The Hall–Kier alpha value is -1.64. The number of phenolic OH excluding ortho intramolecular Hbond substituents is 1. The standard InChI is InChI=1S/C23H38N2O5S/c1-22(2,3)18-15-17(16-19(21(18)27)23(4,5)6)7-8-20(26)24-9-14-31(28,29)25-10-12-30-13-11-25/h15-16,27H,7-14H2,1-6H3,(H,24,26). The van der Waals surface area contributed by atoms with E-state index in [4.69, 9.17) is 4.74 Å². The van der Waals surface area contributed by atoms with E-state index in [1.165, 1.54) is 4.31 Å². The second-order valence-electron chi connectivity index (χ2n) is 10.2. The third-order valence-electron chi connectivity index (χ3n) is 5.47. The molecule has 0 aromatic heterocycles. The molecule has 0 saturated carbocycles. The molecule has 0 aliphatic carbocycles. The highest BCUT2D eigenvalue weighted by atomic mass is 32.2. The zero-order valence-electron chi connectivity index (χ0n) is 19.7. The van der Waals surface area contributed by atoms with E-state index in [1.807, 2.05) is 12.1 Å². The fraction of sp³-hybridized carbons (Fsp3) is 0.696. The predicted molar refractivity (Wildman–Crippen MR) is 123 cm³/mol. The Labute approximate surface area is 187 Å². The van der Waals surface area contributed by atoms with Crippen LogP contribution in [0, 0.1) is 0 Å². The second kappa shape index (κ2) is 9.88. The van der Waals surface area contributed by atoms with Crippen molar-refractivity contribution in [1.82, 2.24) is 9.62 Å². The van der Waals surface area contributed by atoms with E-state index in [9.17, 15) is 18.3 Å². The van der Waals surface area contributed by atoms with Gasteiger partial charge in [0.05, 0.1) is 19.0 Å². The minimum atomic E-state index is -3.38. The molecule has 2 N–H and O–H groups in total. The molecule has 0 atom stereocenters. The third-order valence-corrected chi connectivity index (χ3v) is 7.34. The number of nitrogens with zero attached hydrogens (tertiary/aromatic N) is 1. The number of phenols is 1. The van der Waals surface area contributed by atoms with Crippen LogP contribution in [0.15, 0.2) is 12.1 Å². The molecule has 1 aromatic rings. The quantitative estimate of drug-likeness (QED) is 0.660. The Balaban J connectivity index is 1.98. The van der Waals surface area contributed by atoms with Crippen molar-refractivity contribution in [3.8, 4) is 5.75 Å². The highest BCUT2D eigenvalue weighted by Crippen LogP contribution is 2.39. The monoisotopic (exact) mass is 454 g/mol. The van der Waals surface area contributed by atoms with Gasteiger partial charge in [-0.1, -0.05) is 53.7 Å². The molecule has 0 radical (unpaired) electrons. The van der Waals surface area contributed by atoms with Gasteiger partial charge in [0.15, 0.2) is 0 Å². The summed E-state index contributed by atoms with van der Waals surface area (Å²) >= 11 is 0. The van der Waals surface area contributed by atoms with Crippen LogP contribution in [0.4, 0.5) is 0 Å². The van der Waals surface area contributed by atoms with Crippen LogP contribution >= 0.6 is 0 Å². The first kappa shape index (κ1) is 25.6. The number of benzene rings is 1. The molecule has 1 heterocycles. The van der Waals surface area contributed by atoms with Crippen molar-refractivity contribution < 1.29 is 23.1 Å². The van der Waals surface area contributed by atoms with E-state index in [0.29, 0.717) is 38.5 Å². The zero-order valence-corrected chi connectivity index (χ0v) is 20.6. The number of amides is 1. The van der Waals surface area contributed by atoms with Crippen LogP contribution in [0.1, 0.15) is 64.7 Å². The second-order valence-corrected chi connectivity index (χ2v) is 12.3. The summed E-state index contributed by atoms with van der Waals surface area (Å²) in [7, 11) is -3.38. The number of sulfonamides is 1. The number of ether oxygens (including phenoxy) is 1. The molecule has 0 bridgehead atoms. The van der Waals surface area contributed by atoms with Gasteiger partial charge in [0.2, 0.25) is 15.9 Å². The van der Waals surface area contributed by atoms with Gasteiger partial charge in [-0.15, -0.1) is 0 Å². The lowest BCUT2D eigenvalue weighted by atomic mass is 9.78. The van der Waals surface area contributed by atoms with E-state index in [1.54, 1.807) is 0 Å². The van der Waals surface area contributed by atoms with Gasteiger partial charge < -0.3 is 15.2 Å². The van der Waals surface area contributed by atoms with Crippen molar-refractivity contribution in [2.75, 3.05) is 38.6 Å². The molecule has 8 heteroatoms. The van der Waals surface area contributed by atoms with E-state index in [2.05, 4.69) is 46.9 Å². The van der Waals surface area contributed by atoms with Crippen LogP contribution in [-0.4, -0.2) is 62.3 Å². The Morgan fingerprint density at radius 2 is 1.58 bits per heavy atom. The van der Waals surface area contributed by atoms with Crippen LogP contribution in [-0.2, 0) is 36.8 Å². The lowest BCUT2D eigenvalue weighted by molar-refractivity contribution is -0.120. The SMILES string of the molecule is CC(C)(C)c1cc(CCC(=O)NCCS(=O)(=O)N2CCOCC2)cc(C(C)(C)C)c1O. The zero-order chi connectivity index (χ0) is 23.4. The minimum absolute atomic E-state index is 0.0918.